The number of rotatable bonds is 5. The van der Waals surface area contributed by atoms with Crippen molar-refractivity contribution in [3.8, 4) is 0 Å². The van der Waals surface area contributed by atoms with E-state index in [2.05, 4.69) is 64.1 Å². The summed E-state index contributed by atoms with van der Waals surface area (Å²) < 4.78 is 0. The van der Waals surface area contributed by atoms with Gasteiger partial charge < -0.3 is 5.73 Å². The second kappa shape index (κ2) is 6.91. The Bertz CT molecular complexity index is 590. The Kier molecular flexibility index (Phi) is 5.19. The molecule has 1 unspecified atom stereocenters. The summed E-state index contributed by atoms with van der Waals surface area (Å²) in [5, 5.41) is 0. The van der Waals surface area contributed by atoms with E-state index >= 15 is 0 Å². The third-order valence-corrected chi connectivity index (χ3v) is 4.19. The molecule has 0 saturated carbocycles. The molecule has 1 nitrogen and oxygen atoms in total. The molecule has 0 radical (unpaired) electrons. The van der Waals surface area contributed by atoms with Crippen LogP contribution in [0.2, 0.25) is 0 Å². The van der Waals surface area contributed by atoms with E-state index in [1.807, 2.05) is 0 Å². The van der Waals surface area contributed by atoms with E-state index in [0.717, 1.165) is 19.3 Å². The van der Waals surface area contributed by atoms with E-state index in [-0.39, 0.29) is 6.04 Å². The number of nitrogens with two attached hydrogens (primary N) is 1. The van der Waals surface area contributed by atoms with Crippen LogP contribution in [0.25, 0.3) is 0 Å². The van der Waals surface area contributed by atoms with Gasteiger partial charge >= 0.3 is 0 Å². The normalized spacial score (nSPS) is 12.4. The number of hydrogen-bond donors (Lipinski definition) is 1. The average molecular weight is 281 g/mol. The summed E-state index contributed by atoms with van der Waals surface area (Å²) in [5.74, 6) is 0. The quantitative estimate of drug-likeness (QED) is 0.862. The molecule has 2 rings (SSSR count). The lowest BCUT2D eigenvalue weighted by Crippen LogP contribution is -2.24. The Balaban J connectivity index is 1.97. The molecule has 0 heterocycles. The maximum Gasteiger partial charge on any atom is 0.00826 e. The lowest BCUT2D eigenvalue weighted by molar-refractivity contribution is 0.607. The summed E-state index contributed by atoms with van der Waals surface area (Å²) in [6.45, 7) is 8.69. The van der Waals surface area contributed by atoms with Crippen LogP contribution in [0.1, 0.15) is 39.8 Å². The first-order valence-electron chi connectivity index (χ1n) is 7.83. The molecule has 0 spiro atoms. The summed E-state index contributed by atoms with van der Waals surface area (Å²) in [6, 6.07) is 13.5. The van der Waals surface area contributed by atoms with Crippen LogP contribution in [-0.2, 0) is 12.8 Å². The Labute approximate surface area is 129 Å². The van der Waals surface area contributed by atoms with Gasteiger partial charge in [-0.15, -0.1) is 0 Å². The molecule has 0 bridgehead atoms. The van der Waals surface area contributed by atoms with Gasteiger partial charge in [0, 0.05) is 6.04 Å². The molecule has 0 amide bonds. The number of hydrogen-bond acceptors (Lipinski definition) is 1. The number of aryl methyl sites for hydroxylation is 5. The van der Waals surface area contributed by atoms with Crippen LogP contribution in [-0.4, -0.2) is 6.04 Å². The SMILES string of the molecule is Cc1cccc(CCC(N)Cc2c(C)cc(C)cc2C)c1. The van der Waals surface area contributed by atoms with Crippen molar-refractivity contribution in [1.29, 1.82) is 0 Å². The van der Waals surface area contributed by atoms with E-state index in [1.165, 1.54) is 33.4 Å². The van der Waals surface area contributed by atoms with Gasteiger partial charge in [0.1, 0.15) is 0 Å². The van der Waals surface area contributed by atoms with Crippen molar-refractivity contribution in [1.82, 2.24) is 0 Å². The van der Waals surface area contributed by atoms with Gasteiger partial charge in [-0.2, -0.15) is 0 Å². The zero-order chi connectivity index (χ0) is 15.4. The second-order valence-electron chi connectivity index (χ2n) is 6.37. The molecule has 1 atom stereocenters. The van der Waals surface area contributed by atoms with Crippen molar-refractivity contribution in [2.75, 3.05) is 0 Å². The highest BCUT2D eigenvalue weighted by molar-refractivity contribution is 5.38. The van der Waals surface area contributed by atoms with Crippen molar-refractivity contribution in [3.63, 3.8) is 0 Å². The first-order chi connectivity index (χ1) is 9.95. The number of benzene rings is 2. The highest BCUT2D eigenvalue weighted by Gasteiger charge is 2.10. The third-order valence-electron chi connectivity index (χ3n) is 4.19. The Morgan fingerprint density at radius 3 is 2.19 bits per heavy atom. The maximum atomic E-state index is 6.37. The smallest absolute Gasteiger partial charge is 0.00826 e. The van der Waals surface area contributed by atoms with Crippen LogP contribution < -0.4 is 5.73 Å². The molecule has 0 aliphatic rings. The third kappa shape index (κ3) is 4.44. The molecule has 0 saturated heterocycles. The van der Waals surface area contributed by atoms with Gasteiger partial charge in [0.15, 0.2) is 0 Å². The van der Waals surface area contributed by atoms with Gasteiger partial charge in [-0.05, 0) is 69.2 Å². The molecular weight excluding hydrogens is 254 g/mol. The van der Waals surface area contributed by atoms with Crippen LogP contribution in [0, 0.1) is 27.7 Å². The Morgan fingerprint density at radius 1 is 0.905 bits per heavy atom. The molecule has 0 fully saturated rings. The van der Waals surface area contributed by atoms with Crippen LogP contribution in [0.15, 0.2) is 36.4 Å². The minimum Gasteiger partial charge on any atom is -0.327 e. The minimum atomic E-state index is 0.227. The second-order valence-corrected chi connectivity index (χ2v) is 6.37. The largest absolute Gasteiger partial charge is 0.327 e. The predicted molar refractivity (Wildman–Crippen MR) is 91.8 cm³/mol. The topological polar surface area (TPSA) is 26.0 Å². The molecule has 2 aromatic carbocycles. The van der Waals surface area contributed by atoms with Gasteiger partial charge in [0.05, 0.1) is 0 Å². The fourth-order valence-corrected chi connectivity index (χ4v) is 3.12. The summed E-state index contributed by atoms with van der Waals surface area (Å²) >= 11 is 0. The Hall–Kier alpha value is -1.60. The fraction of sp³-hybridized carbons (Fsp3) is 0.400. The first-order valence-corrected chi connectivity index (χ1v) is 7.83. The molecule has 112 valence electrons. The van der Waals surface area contributed by atoms with Crippen LogP contribution >= 0.6 is 0 Å². The molecular formula is C20H27N. The van der Waals surface area contributed by atoms with Crippen LogP contribution in [0.5, 0.6) is 0 Å². The van der Waals surface area contributed by atoms with E-state index in [1.54, 1.807) is 0 Å². The average Bonchev–Trinajstić information content (AvgIpc) is 2.40. The molecule has 0 aliphatic heterocycles. The van der Waals surface area contributed by atoms with Crippen LogP contribution in [0.4, 0.5) is 0 Å². The first kappa shape index (κ1) is 15.8. The van der Waals surface area contributed by atoms with E-state index in [4.69, 9.17) is 5.73 Å². The summed E-state index contributed by atoms with van der Waals surface area (Å²) in [5.41, 5.74) is 14.6. The highest BCUT2D eigenvalue weighted by atomic mass is 14.6. The van der Waals surface area contributed by atoms with Crippen molar-refractivity contribution in [2.24, 2.45) is 5.73 Å². The Morgan fingerprint density at radius 2 is 1.57 bits per heavy atom. The van der Waals surface area contributed by atoms with Crippen molar-refractivity contribution in [2.45, 2.75) is 53.0 Å². The van der Waals surface area contributed by atoms with Crippen LogP contribution in [0.3, 0.4) is 0 Å². The minimum absolute atomic E-state index is 0.227. The van der Waals surface area contributed by atoms with Gasteiger partial charge in [0.25, 0.3) is 0 Å². The molecule has 1 heteroatoms. The lowest BCUT2D eigenvalue weighted by Gasteiger charge is -2.16. The van der Waals surface area contributed by atoms with Gasteiger partial charge in [-0.1, -0.05) is 47.5 Å². The lowest BCUT2D eigenvalue weighted by atomic mass is 9.92. The molecule has 0 aliphatic carbocycles. The monoisotopic (exact) mass is 281 g/mol. The predicted octanol–water partition coefficient (Wildman–Crippen LogP) is 4.42. The molecule has 2 aromatic rings. The zero-order valence-corrected chi connectivity index (χ0v) is 13.7. The van der Waals surface area contributed by atoms with Crippen molar-refractivity contribution in [3.05, 3.63) is 69.8 Å². The zero-order valence-electron chi connectivity index (χ0n) is 13.7. The summed E-state index contributed by atoms with van der Waals surface area (Å²) in [6.07, 6.45) is 3.08. The molecule has 2 N–H and O–H groups in total. The molecule has 0 aromatic heterocycles. The van der Waals surface area contributed by atoms with E-state index < -0.39 is 0 Å². The maximum absolute atomic E-state index is 6.37. The van der Waals surface area contributed by atoms with Gasteiger partial charge in [0.2, 0.25) is 0 Å². The summed E-state index contributed by atoms with van der Waals surface area (Å²) in [4.78, 5) is 0. The molecule has 21 heavy (non-hydrogen) atoms. The summed E-state index contributed by atoms with van der Waals surface area (Å²) in [7, 11) is 0. The standard InChI is InChI=1S/C20H27N/c1-14-6-5-7-18(12-14)8-9-19(21)13-20-16(3)10-15(2)11-17(20)4/h5-7,10-12,19H,8-9,13,21H2,1-4H3. The van der Waals surface area contributed by atoms with Gasteiger partial charge in [-0.25, -0.2) is 0 Å². The fourth-order valence-electron chi connectivity index (χ4n) is 3.12. The highest BCUT2D eigenvalue weighted by Crippen LogP contribution is 2.19. The van der Waals surface area contributed by atoms with Gasteiger partial charge in [-0.3, -0.25) is 0 Å². The van der Waals surface area contributed by atoms with E-state index in [9.17, 15) is 0 Å². The van der Waals surface area contributed by atoms with E-state index in [0.29, 0.717) is 0 Å². The van der Waals surface area contributed by atoms with Crippen molar-refractivity contribution < 1.29 is 0 Å². The van der Waals surface area contributed by atoms with Crippen molar-refractivity contribution >= 4 is 0 Å².